The molecule has 1 aliphatic heterocycles. The van der Waals surface area contributed by atoms with Gasteiger partial charge in [-0.3, -0.25) is 4.79 Å². The van der Waals surface area contributed by atoms with Crippen molar-refractivity contribution in [2.75, 3.05) is 6.61 Å². The third-order valence-electron chi connectivity index (χ3n) is 2.85. The second-order valence-corrected chi connectivity index (χ2v) is 4.59. The van der Waals surface area contributed by atoms with Gasteiger partial charge in [0.15, 0.2) is 6.29 Å². The van der Waals surface area contributed by atoms with Crippen LogP contribution in [0.5, 0.6) is 0 Å². The van der Waals surface area contributed by atoms with Gasteiger partial charge in [0.1, 0.15) is 37.1 Å². The fourth-order valence-electron chi connectivity index (χ4n) is 1.72. The van der Waals surface area contributed by atoms with Crippen molar-refractivity contribution in [1.82, 2.24) is 5.32 Å². The van der Waals surface area contributed by atoms with Crippen molar-refractivity contribution in [3.05, 3.63) is 0 Å². The van der Waals surface area contributed by atoms with Gasteiger partial charge in [-0.05, 0) is 6.92 Å². The standard InChI is InChI=1S/C11H19NO8/c1-4(12-5(2)13)10(17)19-3-6-7(14)8(15)9(16)11(18)20-6/h4,6-9,11,14-16,18H,3H2,1-2H3,(H,12,13)/t4-,6+,7+,8-,9-,11?/m0/s1. The van der Waals surface area contributed by atoms with Gasteiger partial charge in [0.25, 0.3) is 0 Å². The maximum Gasteiger partial charge on any atom is 0.328 e. The summed E-state index contributed by atoms with van der Waals surface area (Å²) in [7, 11) is 0. The molecule has 116 valence electrons. The minimum atomic E-state index is -1.69. The molecule has 0 aromatic carbocycles. The maximum absolute atomic E-state index is 11.5. The average Bonchev–Trinajstić information content (AvgIpc) is 2.37. The van der Waals surface area contributed by atoms with Gasteiger partial charge in [0.05, 0.1) is 0 Å². The first-order valence-electron chi connectivity index (χ1n) is 6.05. The summed E-state index contributed by atoms with van der Waals surface area (Å²) in [5, 5.41) is 39.9. The Hall–Kier alpha value is -1.26. The van der Waals surface area contributed by atoms with Gasteiger partial charge in [-0.1, -0.05) is 0 Å². The highest BCUT2D eigenvalue weighted by Crippen LogP contribution is 2.20. The fourth-order valence-corrected chi connectivity index (χ4v) is 1.72. The lowest BCUT2D eigenvalue weighted by Gasteiger charge is -2.37. The van der Waals surface area contributed by atoms with E-state index in [4.69, 9.17) is 9.47 Å². The minimum absolute atomic E-state index is 0.405. The summed E-state index contributed by atoms with van der Waals surface area (Å²) in [4.78, 5) is 22.3. The zero-order valence-corrected chi connectivity index (χ0v) is 11.1. The van der Waals surface area contributed by atoms with Gasteiger partial charge in [0.2, 0.25) is 5.91 Å². The van der Waals surface area contributed by atoms with Crippen LogP contribution in [0.25, 0.3) is 0 Å². The summed E-state index contributed by atoms with van der Waals surface area (Å²) in [6, 6.07) is -0.881. The molecule has 1 heterocycles. The highest BCUT2D eigenvalue weighted by Gasteiger charge is 2.43. The average molecular weight is 293 g/mol. The largest absolute Gasteiger partial charge is 0.461 e. The number of hydrogen-bond donors (Lipinski definition) is 5. The van der Waals surface area contributed by atoms with E-state index in [2.05, 4.69) is 5.32 Å². The van der Waals surface area contributed by atoms with Crippen LogP contribution in [0.1, 0.15) is 13.8 Å². The summed E-state index contributed by atoms with van der Waals surface area (Å²) in [5.41, 5.74) is 0. The number of amides is 1. The van der Waals surface area contributed by atoms with Crippen LogP contribution >= 0.6 is 0 Å². The van der Waals surface area contributed by atoms with E-state index in [0.29, 0.717) is 0 Å². The van der Waals surface area contributed by atoms with Crippen LogP contribution in [0, 0.1) is 0 Å². The third-order valence-corrected chi connectivity index (χ3v) is 2.85. The Balaban J connectivity index is 2.48. The zero-order valence-electron chi connectivity index (χ0n) is 11.1. The monoisotopic (exact) mass is 293 g/mol. The Morgan fingerprint density at radius 1 is 1.20 bits per heavy atom. The predicted octanol–water partition coefficient (Wildman–Crippen LogP) is -3.15. The Kier molecular flexibility index (Phi) is 5.84. The second kappa shape index (κ2) is 6.95. The molecule has 6 atom stereocenters. The van der Waals surface area contributed by atoms with Crippen molar-refractivity contribution in [2.45, 2.75) is 50.6 Å². The number of carbonyl (C=O) groups excluding carboxylic acids is 2. The number of nitrogens with one attached hydrogen (secondary N) is 1. The lowest BCUT2D eigenvalue weighted by molar-refractivity contribution is -0.287. The lowest BCUT2D eigenvalue weighted by atomic mass is 9.99. The number of rotatable bonds is 4. The van der Waals surface area contributed by atoms with E-state index in [1.165, 1.54) is 13.8 Å². The molecular formula is C11H19NO8. The van der Waals surface area contributed by atoms with Crippen LogP contribution in [-0.2, 0) is 19.1 Å². The molecule has 1 fully saturated rings. The van der Waals surface area contributed by atoms with E-state index >= 15 is 0 Å². The number of ether oxygens (including phenoxy) is 2. The topological polar surface area (TPSA) is 146 Å². The molecule has 9 heteroatoms. The van der Waals surface area contributed by atoms with Crippen LogP contribution in [-0.4, -0.2) is 75.7 Å². The Labute approximate surface area is 115 Å². The van der Waals surface area contributed by atoms with Gasteiger partial charge in [-0.2, -0.15) is 0 Å². The first-order chi connectivity index (χ1) is 9.23. The van der Waals surface area contributed by atoms with Gasteiger partial charge in [0, 0.05) is 6.92 Å². The van der Waals surface area contributed by atoms with E-state index < -0.39 is 55.2 Å². The highest BCUT2D eigenvalue weighted by molar-refractivity contribution is 5.82. The normalized spacial score (nSPS) is 35.2. The van der Waals surface area contributed by atoms with E-state index in [1.807, 2.05) is 0 Å². The van der Waals surface area contributed by atoms with Gasteiger partial charge < -0.3 is 35.2 Å². The van der Waals surface area contributed by atoms with E-state index in [9.17, 15) is 30.0 Å². The molecule has 0 spiro atoms. The van der Waals surface area contributed by atoms with Crippen LogP contribution in [0.2, 0.25) is 0 Å². The Morgan fingerprint density at radius 2 is 1.80 bits per heavy atom. The third kappa shape index (κ3) is 4.12. The number of hydrogen-bond acceptors (Lipinski definition) is 8. The number of aliphatic hydroxyl groups excluding tert-OH is 4. The lowest BCUT2D eigenvalue weighted by Crippen LogP contribution is -2.58. The molecule has 0 radical (unpaired) electrons. The first kappa shape index (κ1) is 16.8. The van der Waals surface area contributed by atoms with Crippen LogP contribution in [0.15, 0.2) is 0 Å². The molecule has 9 nitrogen and oxygen atoms in total. The van der Waals surface area contributed by atoms with Gasteiger partial charge in [-0.25, -0.2) is 4.79 Å². The highest BCUT2D eigenvalue weighted by atomic mass is 16.6. The van der Waals surface area contributed by atoms with E-state index in [1.54, 1.807) is 0 Å². The van der Waals surface area contributed by atoms with Crippen molar-refractivity contribution < 1.29 is 39.5 Å². The molecule has 0 bridgehead atoms. The Morgan fingerprint density at radius 3 is 2.35 bits per heavy atom. The number of aliphatic hydroxyl groups is 4. The van der Waals surface area contributed by atoms with Crippen LogP contribution < -0.4 is 5.32 Å². The zero-order chi connectivity index (χ0) is 15.4. The molecule has 0 saturated carbocycles. The quantitative estimate of drug-likeness (QED) is 0.342. The molecule has 20 heavy (non-hydrogen) atoms. The summed E-state index contributed by atoms with van der Waals surface area (Å²) >= 11 is 0. The molecule has 0 aliphatic carbocycles. The van der Waals surface area contributed by atoms with Crippen molar-refractivity contribution in [3.8, 4) is 0 Å². The van der Waals surface area contributed by atoms with Gasteiger partial charge >= 0.3 is 5.97 Å². The van der Waals surface area contributed by atoms with Crippen LogP contribution in [0.3, 0.4) is 0 Å². The van der Waals surface area contributed by atoms with Crippen LogP contribution in [0.4, 0.5) is 0 Å². The summed E-state index contributed by atoms with van der Waals surface area (Å²) in [6.45, 7) is 2.21. The molecule has 0 aromatic rings. The summed E-state index contributed by atoms with van der Waals surface area (Å²) in [5.74, 6) is -1.16. The molecule has 0 aromatic heterocycles. The van der Waals surface area contributed by atoms with Crippen molar-refractivity contribution in [3.63, 3.8) is 0 Å². The van der Waals surface area contributed by atoms with Crippen molar-refractivity contribution >= 4 is 11.9 Å². The molecule has 1 unspecified atom stereocenters. The van der Waals surface area contributed by atoms with Crippen molar-refractivity contribution in [2.24, 2.45) is 0 Å². The van der Waals surface area contributed by atoms with E-state index in [0.717, 1.165) is 0 Å². The SMILES string of the molecule is CC(=O)N[C@@H](C)C(=O)OC[C@H]1OC(O)[C@@H](O)[C@@H](O)[C@@H]1O. The van der Waals surface area contributed by atoms with Crippen molar-refractivity contribution in [1.29, 1.82) is 0 Å². The smallest absolute Gasteiger partial charge is 0.328 e. The minimum Gasteiger partial charge on any atom is -0.461 e. The predicted molar refractivity (Wildman–Crippen MR) is 63.1 cm³/mol. The van der Waals surface area contributed by atoms with E-state index in [-0.39, 0.29) is 0 Å². The first-order valence-corrected chi connectivity index (χ1v) is 6.05. The Bertz CT molecular complexity index is 362. The molecule has 5 N–H and O–H groups in total. The molecule has 1 saturated heterocycles. The molecule has 1 amide bonds. The second-order valence-electron chi connectivity index (χ2n) is 4.59. The maximum atomic E-state index is 11.5. The number of carbonyl (C=O) groups is 2. The summed E-state index contributed by atoms with van der Waals surface area (Å²) < 4.78 is 9.63. The molecule has 1 rings (SSSR count). The molecule has 1 aliphatic rings. The number of esters is 1. The molecular weight excluding hydrogens is 274 g/mol. The summed E-state index contributed by atoms with van der Waals surface area (Å²) in [6.07, 6.45) is -7.65. The fraction of sp³-hybridized carbons (Fsp3) is 0.818. The van der Waals surface area contributed by atoms with Gasteiger partial charge in [-0.15, -0.1) is 0 Å².